The van der Waals surface area contributed by atoms with E-state index in [0.717, 1.165) is 0 Å². The Hall–Kier alpha value is -1.60. The highest BCUT2D eigenvalue weighted by atomic mass is 32.2. The van der Waals surface area contributed by atoms with Crippen molar-refractivity contribution in [3.05, 3.63) is 29.8 Å². The number of hydrogen-bond acceptors (Lipinski definition) is 6. The minimum absolute atomic E-state index is 0.146. The molecule has 0 aliphatic rings. The Balaban J connectivity index is 2.84. The lowest BCUT2D eigenvalue weighted by molar-refractivity contribution is -0.139. The average molecular weight is 315 g/mol. The molecule has 7 heteroatoms. The number of methoxy groups -OCH3 is 1. The molecule has 1 rings (SSSR count). The Bertz CT molecular complexity index is 568. The molecule has 0 spiro atoms. The maximum atomic E-state index is 12.1. The van der Waals surface area contributed by atoms with Crippen molar-refractivity contribution in [3.63, 3.8) is 0 Å². The molecule has 21 heavy (non-hydrogen) atoms. The van der Waals surface area contributed by atoms with Gasteiger partial charge in [0.25, 0.3) is 0 Å². The van der Waals surface area contributed by atoms with Crippen LogP contribution in [-0.4, -0.2) is 39.1 Å². The van der Waals surface area contributed by atoms with Gasteiger partial charge in [-0.05, 0) is 31.5 Å². The van der Waals surface area contributed by atoms with Gasteiger partial charge >= 0.3 is 5.97 Å². The van der Waals surface area contributed by atoms with E-state index in [1.54, 1.807) is 38.3 Å². The van der Waals surface area contributed by atoms with Crippen LogP contribution in [0.3, 0.4) is 0 Å². The smallest absolute Gasteiger partial charge is 0.321 e. The number of carbonyl (C=O) groups excluding carboxylic acids is 1. The lowest BCUT2D eigenvalue weighted by atomic mass is 10.1. The van der Waals surface area contributed by atoms with Crippen LogP contribution < -0.4 is 10.5 Å². The highest BCUT2D eigenvalue weighted by Crippen LogP contribution is 2.22. The summed E-state index contributed by atoms with van der Waals surface area (Å²) < 4.78 is 34.0. The van der Waals surface area contributed by atoms with Crippen LogP contribution in [-0.2, 0) is 19.4 Å². The standard InChI is InChI=1S/C14H21NO5S/c1-4-20-13(16)9-21(17,18)10(2)14(15)11-5-7-12(19-3)8-6-11/h5-8,10,14H,4,9,15H2,1-3H3. The van der Waals surface area contributed by atoms with Crippen LogP contribution in [0.25, 0.3) is 0 Å². The minimum atomic E-state index is -3.68. The number of rotatable bonds is 7. The first-order chi connectivity index (χ1) is 9.81. The highest BCUT2D eigenvalue weighted by Gasteiger charge is 2.30. The third-order valence-corrected chi connectivity index (χ3v) is 5.26. The normalized spacial score (nSPS) is 14.3. The van der Waals surface area contributed by atoms with E-state index >= 15 is 0 Å². The van der Waals surface area contributed by atoms with Gasteiger partial charge in [0.05, 0.1) is 19.0 Å². The van der Waals surface area contributed by atoms with E-state index in [9.17, 15) is 13.2 Å². The van der Waals surface area contributed by atoms with Gasteiger partial charge in [0.2, 0.25) is 0 Å². The van der Waals surface area contributed by atoms with Crippen molar-refractivity contribution in [1.29, 1.82) is 0 Å². The van der Waals surface area contributed by atoms with Crippen LogP contribution >= 0.6 is 0 Å². The van der Waals surface area contributed by atoms with E-state index < -0.39 is 32.9 Å². The molecule has 118 valence electrons. The Kier molecular flexibility index (Phi) is 6.17. The van der Waals surface area contributed by atoms with E-state index in [4.69, 9.17) is 10.5 Å². The molecule has 1 aromatic rings. The molecule has 2 N–H and O–H groups in total. The van der Waals surface area contributed by atoms with Gasteiger partial charge in [-0.25, -0.2) is 8.42 Å². The summed E-state index contributed by atoms with van der Waals surface area (Å²) in [5.41, 5.74) is 6.66. The third-order valence-electron chi connectivity index (χ3n) is 3.20. The molecule has 0 radical (unpaired) electrons. The number of ether oxygens (including phenoxy) is 2. The van der Waals surface area contributed by atoms with E-state index in [2.05, 4.69) is 4.74 Å². The van der Waals surface area contributed by atoms with Gasteiger partial charge in [-0.2, -0.15) is 0 Å². The third kappa shape index (κ3) is 4.71. The van der Waals surface area contributed by atoms with Gasteiger partial charge in [0.15, 0.2) is 9.84 Å². The number of esters is 1. The number of sulfone groups is 1. The first-order valence-corrected chi connectivity index (χ1v) is 8.30. The first kappa shape index (κ1) is 17.5. The van der Waals surface area contributed by atoms with Crippen molar-refractivity contribution in [2.75, 3.05) is 19.5 Å². The van der Waals surface area contributed by atoms with Gasteiger partial charge < -0.3 is 15.2 Å². The quantitative estimate of drug-likeness (QED) is 0.756. The lowest BCUT2D eigenvalue weighted by Gasteiger charge is -2.20. The summed E-state index contributed by atoms with van der Waals surface area (Å²) in [5, 5.41) is -0.893. The molecule has 2 atom stereocenters. The molecule has 2 unspecified atom stereocenters. The van der Waals surface area contributed by atoms with Gasteiger partial charge in [0.1, 0.15) is 11.5 Å². The fourth-order valence-electron chi connectivity index (χ4n) is 1.82. The number of carbonyl (C=O) groups is 1. The average Bonchev–Trinajstić information content (AvgIpc) is 2.45. The second-order valence-corrected chi connectivity index (χ2v) is 6.97. The van der Waals surface area contributed by atoms with Gasteiger partial charge in [-0.1, -0.05) is 12.1 Å². The zero-order chi connectivity index (χ0) is 16.0. The van der Waals surface area contributed by atoms with Crippen molar-refractivity contribution in [1.82, 2.24) is 0 Å². The van der Waals surface area contributed by atoms with E-state index in [1.165, 1.54) is 6.92 Å². The molecule has 0 aliphatic heterocycles. The molecule has 0 bridgehead atoms. The predicted molar refractivity (Wildman–Crippen MR) is 79.8 cm³/mol. The van der Waals surface area contributed by atoms with Gasteiger partial charge in [-0.15, -0.1) is 0 Å². The Morgan fingerprint density at radius 1 is 1.29 bits per heavy atom. The molecular weight excluding hydrogens is 294 g/mol. The summed E-state index contributed by atoms with van der Waals surface area (Å²) in [7, 11) is -2.13. The topological polar surface area (TPSA) is 95.7 Å². The molecule has 0 aromatic heterocycles. The van der Waals surface area contributed by atoms with Crippen molar-refractivity contribution in [2.24, 2.45) is 5.73 Å². The van der Waals surface area contributed by atoms with Gasteiger partial charge in [-0.3, -0.25) is 4.79 Å². The predicted octanol–water partition coefficient (Wildman–Crippen LogP) is 1.06. The van der Waals surface area contributed by atoms with E-state index in [1.807, 2.05) is 0 Å². The van der Waals surface area contributed by atoms with E-state index in [0.29, 0.717) is 11.3 Å². The minimum Gasteiger partial charge on any atom is -0.497 e. The zero-order valence-corrected chi connectivity index (χ0v) is 13.2. The summed E-state index contributed by atoms with van der Waals surface area (Å²) in [5.74, 6) is -0.759. The van der Waals surface area contributed by atoms with Crippen molar-refractivity contribution in [2.45, 2.75) is 25.1 Å². The van der Waals surface area contributed by atoms with Crippen LogP contribution in [0.5, 0.6) is 5.75 Å². The van der Waals surface area contributed by atoms with Crippen LogP contribution in [0.15, 0.2) is 24.3 Å². The second-order valence-electron chi connectivity index (χ2n) is 4.62. The van der Waals surface area contributed by atoms with Crippen LogP contribution in [0.2, 0.25) is 0 Å². The molecule has 0 aliphatic carbocycles. The van der Waals surface area contributed by atoms with E-state index in [-0.39, 0.29) is 6.61 Å². The Morgan fingerprint density at radius 2 is 1.86 bits per heavy atom. The van der Waals surface area contributed by atoms with Gasteiger partial charge in [0, 0.05) is 6.04 Å². The fourth-order valence-corrected chi connectivity index (χ4v) is 3.10. The molecule has 0 saturated carbocycles. The maximum absolute atomic E-state index is 12.1. The molecule has 0 saturated heterocycles. The summed E-state index contributed by atoms with van der Waals surface area (Å²) in [4.78, 5) is 11.3. The van der Waals surface area contributed by atoms with Crippen LogP contribution in [0, 0.1) is 0 Å². The largest absolute Gasteiger partial charge is 0.497 e. The van der Waals surface area contributed by atoms with Crippen LogP contribution in [0.1, 0.15) is 25.5 Å². The summed E-state index contributed by atoms with van der Waals surface area (Å²) in [6.07, 6.45) is 0. The lowest BCUT2D eigenvalue weighted by Crippen LogP contribution is -2.35. The summed E-state index contributed by atoms with van der Waals surface area (Å²) >= 11 is 0. The van der Waals surface area contributed by atoms with Crippen molar-refractivity contribution >= 4 is 15.8 Å². The summed E-state index contributed by atoms with van der Waals surface area (Å²) in [6, 6.07) is 6.11. The highest BCUT2D eigenvalue weighted by molar-refractivity contribution is 7.92. The maximum Gasteiger partial charge on any atom is 0.321 e. The van der Waals surface area contributed by atoms with Crippen LogP contribution in [0.4, 0.5) is 0 Å². The molecule has 6 nitrogen and oxygen atoms in total. The van der Waals surface area contributed by atoms with Crippen molar-refractivity contribution in [3.8, 4) is 5.75 Å². The zero-order valence-electron chi connectivity index (χ0n) is 12.4. The number of benzene rings is 1. The fraction of sp³-hybridized carbons (Fsp3) is 0.500. The molecular formula is C14H21NO5S. The molecule has 0 amide bonds. The van der Waals surface area contributed by atoms with Crippen molar-refractivity contribution < 1.29 is 22.7 Å². The number of hydrogen-bond donors (Lipinski definition) is 1. The number of nitrogens with two attached hydrogens (primary N) is 1. The Morgan fingerprint density at radius 3 is 2.33 bits per heavy atom. The second kappa shape index (κ2) is 7.42. The molecule has 0 fully saturated rings. The molecule has 0 heterocycles. The Labute approximate surface area is 125 Å². The summed E-state index contributed by atoms with van der Waals surface area (Å²) in [6.45, 7) is 3.26. The SMILES string of the molecule is CCOC(=O)CS(=O)(=O)C(C)C(N)c1ccc(OC)cc1. The monoisotopic (exact) mass is 315 g/mol. The molecule has 1 aromatic carbocycles. The first-order valence-electron chi connectivity index (χ1n) is 6.58.